The molecule has 2 aliphatic rings. The Morgan fingerprint density at radius 2 is 1.86 bits per heavy atom. The SMILES string of the molecule is COC(=O)C1CCC(OC(C)(OCC(=O)Cc2ccc3nc(Nc4cc(F)ccc4C)oc3c2F)N2CCCC2)CC1. The van der Waals surface area contributed by atoms with Gasteiger partial charge in [0, 0.05) is 32.1 Å². The fourth-order valence-corrected chi connectivity index (χ4v) is 5.73. The number of nitrogens with zero attached hydrogens (tertiary/aromatic N) is 2. The summed E-state index contributed by atoms with van der Waals surface area (Å²) in [6.07, 6.45) is 4.43. The number of methoxy groups -OCH3 is 1. The first-order valence-electron chi connectivity index (χ1n) is 14.4. The number of benzene rings is 2. The van der Waals surface area contributed by atoms with Crippen LogP contribution in [0.5, 0.6) is 0 Å². The summed E-state index contributed by atoms with van der Waals surface area (Å²) < 4.78 is 52.1. The van der Waals surface area contributed by atoms with Gasteiger partial charge in [0.1, 0.15) is 17.9 Å². The highest BCUT2D eigenvalue weighted by Crippen LogP contribution is 2.33. The molecule has 2 fully saturated rings. The summed E-state index contributed by atoms with van der Waals surface area (Å²) in [5, 5.41) is 2.88. The number of oxazole rings is 1. The Bertz CT molecular complexity index is 1430. The van der Waals surface area contributed by atoms with Gasteiger partial charge in [-0.3, -0.25) is 14.5 Å². The molecule has 1 saturated heterocycles. The number of rotatable bonds is 11. The summed E-state index contributed by atoms with van der Waals surface area (Å²) in [5.41, 5.74) is 1.56. The van der Waals surface area contributed by atoms with Crippen molar-refractivity contribution >= 4 is 34.6 Å². The molecule has 0 radical (unpaired) electrons. The predicted octanol–water partition coefficient (Wildman–Crippen LogP) is 5.80. The number of carbonyl (C=O) groups excluding carboxylic acids is 2. The lowest BCUT2D eigenvalue weighted by Crippen LogP contribution is -2.52. The fourth-order valence-electron chi connectivity index (χ4n) is 5.73. The zero-order valence-electron chi connectivity index (χ0n) is 24.2. The second-order valence-corrected chi connectivity index (χ2v) is 11.2. The van der Waals surface area contributed by atoms with Crippen molar-refractivity contribution in [1.82, 2.24) is 9.88 Å². The first kappa shape index (κ1) is 30.1. The van der Waals surface area contributed by atoms with Gasteiger partial charge in [-0.25, -0.2) is 8.78 Å². The van der Waals surface area contributed by atoms with E-state index in [9.17, 15) is 14.0 Å². The zero-order valence-corrected chi connectivity index (χ0v) is 24.2. The molecule has 1 aliphatic carbocycles. The van der Waals surface area contributed by atoms with Gasteiger partial charge in [0.15, 0.2) is 17.2 Å². The third-order valence-electron chi connectivity index (χ3n) is 8.18. The number of aryl methyl sites for hydroxylation is 1. The minimum absolute atomic E-state index is 0.0172. The Hall–Kier alpha value is -3.41. The number of halogens is 2. The molecule has 1 unspecified atom stereocenters. The lowest BCUT2D eigenvalue weighted by Gasteiger charge is -2.41. The highest BCUT2D eigenvalue weighted by molar-refractivity contribution is 5.84. The van der Waals surface area contributed by atoms with Gasteiger partial charge in [0.05, 0.1) is 19.1 Å². The lowest BCUT2D eigenvalue weighted by atomic mass is 9.87. The van der Waals surface area contributed by atoms with Gasteiger partial charge in [-0.1, -0.05) is 12.1 Å². The Labute approximate surface area is 243 Å². The summed E-state index contributed by atoms with van der Waals surface area (Å²) in [6, 6.07) is 7.36. The number of carbonyl (C=O) groups is 2. The number of Topliss-reactive ketones (excluding diaryl/α,β-unsaturated/α-hetero) is 1. The molecular weight excluding hydrogens is 548 g/mol. The standard InChI is InChI=1S/C31H37F2N3O6/c1-19-6-10-22(32)17-26(19)35-30-34-25-13-9-21(27(33)28(25)41-30)16-23(37)18-40-31(2,36-14-4-5-15-36)42-24-11-7-20(8-12-24)29(38)39-3/h6,9-10,13,17,20,24H,4-5,7-8,11-12,14-16,18H2,1-3H3,(H,34,35). The van der Waals surface area contributed by atoms with Crippen LogP contribution in [0.25, 0.3) is 11.1 Å². The maximum atomic E-state index is 15.4. The average Bonchev–Trinajstić information content (AvgIpc) is 3.67. The fraction of sp³-hybridized carbons (Fsp3) is 0.516. The molecule has 1 atom stereocenters. The number of fused-ring (bicyclic) bond motifs is 1. The normalized spacial score (nSPS) is 20.9. The Kier molecular flexibility index (Phi) is 9.19. The van der Waals surface area contributed by atoms with Crippen LogP contribution in [0.3, 0.4) is 0 Å². The maximum absolute atomic E-state index is 15.4. The van der Waals surface area contributed by atoms with Crippen LogP contribution in [0.2, 0.25) is 0 Å². The minimum Gasteiger partial charge on any atom is -0.469 e. The highest BCUT2D eigenvalue weighted by atomic mass is 19.1. The van der Waals surface area contributed by atoms with E-state index in [1.807, 2.05) is 6.92 Å². The molecule has 226 valence electrons. The van der Waals surface area contributed by atoms with Crippen molar-refractivity contribution in [2.24, 2.45) is 5.92 Å². The number of ether oxygens (including phenoxy) is 3. The minimum atomic E-state index is -1.11. The van der Waals surface area contributed by atoms with Crippen molar-refractivity contribution in [3.63, 3.8) is 0 Å². The number of anilines is 2. The molecule has 2 heterocycles. The first-order chi connectivity index (χ1) is 20.1. The van der Waals surface area contributed by atoms with Crippen molar-refractivity contribution in [3.8, 4) is 0 Å². The molecule has 2 aromatic carbocycles. The molecule has 42 heavy (non-hydrogen) atoms. The van der Waals surface area contributed by atoms with Gasteiger partial charge in [-0.15, -0.1) is 0 Å². The number of esters is 1. The summed E-state index contributed by atoms with van der Waals surface area (Å²) in [7, 11) is 1.40. The molecule has 3 aromatic rings. The molecule has 1 aliphatic heterocycles. The number of hydrogen-bond acceptors (Lipinski definition) is 9. The van der Waals surface area contributed by atoms with Crippen LogP contribution in [0, 0.1) is 24.5 Å². The van der Waals surface area contributed by atoms with E-state index in [0.717, 1.165) is 31.5 Å². The van der Waals surface area contributed by atoms with Gasteiger partial charge in [-0.05, 0) is 74.8 Å². The van der Waals surface area contributed by atoms with Crippen molar-refractivity contribution in [2.75, 3.05) is 32.1 Å². The van der Waals surface area contributed by atoms with Crippen LogP contribution in [-0.2, 0) is 30.2 Å². The second-order valence-electron chi connectivity index (χ2n) is 11.2. The number of nitrogens with one attached hydrogen (secondary N) is 1. The third-order valence-corrected chi connectivity index (χ3v) is 8.18. The smallest absolute Gasteiger partial charge is 0.308 e. The molecule has 1 aromatic heterocycles. The summed E-state index contributed by atoms with van der Waals surface area (Å²) in [5.74, 6) is -2.85. The van der Waals surface area contributed by atoms with Crippen LogP contribution in [0.15, 0.2) is 34.7 Å². The second kappa shape index (κ2) is 12.8. The Balaban J connectivity index is 1.22. The first-order valence-corrected chi connectivity index (χ1v) is 14.4. The van der Waals surface area contributed by atoms with E-state index in [1.54, 1.807) is 19.1 Å². The molecular formula is C31H37F2N3O6. The molecule has 11 heteroatoms. The summed E-state index contributed by atoms with van der Waals surface area (Å²) >= 11 is 0. The van der Waals surface area contributed by atoms with E-state index in [0.29, 0.717) is 31.4 Å². The van der Waals surface area contributed by atoms with Crippen LogP contribution in [-0.4, -0.2) is 60.5 Å². The molecule has 1 saturated carbocycles. The molecule has 0 spiro atoms. The Morgan fingerprint density at radius 3 is 2.57 bits per heavy atom. The van der Waals surface area contributed by atoms with E-state index in [1.165, 1.54) is 25.3 Å². The van der Waals surface area contributed by atoms with Crippen LogP contribution >= 0.6 is 0 Å². The van der Waals surface area contributed by atoms with E-state index in [4.69, 9.17) is 18.6 Å². The summed E-state index contributed by atoms with van der Waals surface area (Å²) in [6.45, 7) is 4.93. The van der Waals surface area contributed by atoms with Gasteiger partial charge in [0.25, 0.3) is 6.01 Å². The van der Waals surface area contributed by atoms with Gasteiger partial charge >= 0.3 is 5.97 Å². The highest BCUT2D eigenvalue weighted by Gasteiger charge is 2.40. The van der Waals surface area contributed by atoms with E-state index < -0.39 is 17.5 Å². The molecule has 9 nitrogen and oxygen atoms in total. The summed E-state index contributed by atoms with van der Waals surface area (Å²) in [4.78, 5) is 31.3. The molecule has 1 N–H and O–H groups in total. The number of hydrogen-bond donors (Lipinski definition) is 1. The number of likely N-dealkylation sites (tertiary alicyclic amines) is 1. The third kappa shape index (κ3) is 6.79. The van der Waals surface area contributed by atoms with E-state index >= 15 is 4.39 Å². The molecule has 0 bridgehead atoms. The van der Waals surface area contributed by atoms with Crippen LogP contribution < -0.4 is 5.32 Å². The van der Waals surface area contributed by atoms with Crippen LogP contribution in [0.1, 0.15) is 56.6 Å². The predicted molar refractivity (Wildman–Crippen MR) is 151 cm³/mol. The maximum Gasteiger partial charge on any atom is 0.308 e. The van der Waals surface area contributed by atoms with E-state index in [-0.39, 0.29) is 59.5 Å². The number of aromatic nitrogens is 1. The van der Waals surface area contributed by atoms with Gasteiger partial charge in [0.2, 0.25) is 5.91 Å². The topological polar surface area (TPSA) is 103 Å². The quantitative estimate of drug-likeness (QED) is 0.221. The molecule has 5 rings (SSSR count). The zero-order chi connectivity index (χ0) is 29.9. The van der Waals surface area contributed by atoms with Crippen molar-refractivity contribution in [2.45, 2.75) is 70.8 Å². The number of ketones is 1. The van der Waals surface area contributed by atoms with Gasteiger partial charge < -0.3 is 23.9 Å². The largest absolute Gasteiger partial charge is 0.469 e. The monoisotopic (exact) mass is 585 g/mol. The van der Waals surface area contributed by atoms with Gasteiger partial charge in [-0.2, -0.15) is 4.98 Å². The van der Waals surface area contributed by atoms with Crippen molar-refractivity contribution < 1.29 is 37.0 Å². The van der Waals surface area contributed by atoms with Crippen molar-refractivity contribution in [1.29, 1.82) is 0 Å². The van der Waals surface area contributed by atoms with E-state index in [2.05, 4.69) is 15.2 Å². The molecule has 0 amide bonds. The Morgan fingerprint density at radius 1 is 1.12 bits per heavy atom. The van der Waals surface area contributed by atoms with Crippen molar-refractivity contribution in [3.05, 3.63) is 53.1 Å². The lowest BCUT2D eigenvalue weighted by molar-refractivity contribution is -0.320. The van der Waals surface area contributed by atoms with Crippen LogP contribution in [0.4, 0.5) is 20.5 Å². The average molecular weight is 586 g/mol.